The van der Waals surface area contributed by atoms with Crippen molar-refractivity contribution in [2.24, 2.45) is 0 Å². The molecule has 0 amide bonds. The molecule has 30 heavy (non-hydrogen) atoms. The molecule has 0 saturated carbocycles. The molecular weight excluding hydrogens is 370 g/mol. The molecule has 2 aromatic heterocycles. The molecule has 3 N–H and O–H groups in total. The quantitative estimate of drug-likeness (QED) is 0.506. The summed E-state index contributed by atoms with van der Waals surface area (Å²) in [6.45, 7) is 5.60. The van der Waals surface area contributed by atoms with E-state index >= 15 is 0 Å². The van der Waals surface area contributed by atoms with Crippen LogP contribution in [0.2, 0.25) is 0 Å². The highest BCUT2D eigenvalue weighted by atomic mass is 15.2. The Hall–Kier alpha value is -3.15. The van der Waals surface area contributed by atoms with E-state index in [1.54, 1.807) is 0 Å². The van der Waals surface area contributed by atoms with Gasteiger partial charge in [0, 0.05) is 67.3 Å². The van der Waals surface area contributed by atoms with Crippen molar-refractivity contribution < 1.29 is 0 Å². The zero-order chi connectivity index (χ0) is 20.5. The number of aromatic amines is 1. The van der Waals surface area contributed by atoms with Crippen molar-refractivity contribution in [2.45, 2.75) is 6.54 Å². The second-order valence-electron chi connectivity index (χ2n) is 8.22. The number of pyridine rings is 1. The minimum Gasteiger partial charge on any atom is -0.399 e. The predicted octanol–water partition coefficient (Wildman–Crippen LogP) is 4.23. The van der Waals surface area contributed by atoms with E-state index < -0.39 is 0 Å². The van der Waals surface area contributed by atoms with Crippen molar-refractivity contribution >= 4 is 16.7 Å². The standard InChI is InChI=1S/C25H27N5/c1-29-10-12-30(13-11-29)17-18-2-4-19(5-3-18)21-14-23-24(16-28-25(23)27-15-21)20-6-8-22(26)9-7-20/h2-9,14-16H,10-13,17,26H2,1H3,(H,27,28). The van der Waals surface area contributed by atoms with Crippen LogP contribution >= 0.6 is 0 Å². The van der Waals surface area contributed by atoms with Crippen molar-refractivity contribution in [3.63, 3.8) is 0 Å². The van der Waals surface area contributed by atoms with Gasteiger partial charge in [-0.05, 0) is 41.9 Å². The van der Waals surface area contributed by atoms with E-state index in [2.05, 4.69) is 69.3 Å². The van der Waals surface area contributed by atoms with Gasteiger partial charge in [-0.1, -0.05) is 36.4 Å². The average molecular weight is 398 g/mol. The van der Waals surface area contributed by atoms with Crippen LogP contribution in [0, 0.1) is 0 Å². The molecule has 0 unspecified atom stereocenters. The molecule has 3 heterocycles. The fourth-order valence-corrected chi connectivity index (χ4v) is 4.13. The summed E-state index contributed by atoms with van der Waals surface area (Å²) in [6, 6.07) is 19.1. The number of hydrogen-bond acceptors (Lipinski definition) is 4. The molecule has 0 bridgehead atoms. The van der Waals surface area contributed by atoms with Gasteiger partial charge in [-0.25, -0.2) is 4.98 Å². The smallest absolute Gasteiger partial charge is 0.137 e. The maximum absolute atomic E-state index is 5.84. The van der Waals surface area contributed by atoms with Gasteiger partial charge in [-0.3, -0.25) is 4.90 Å². The van der Waals surface area contributed by atoms with E-state index in [0.717, 1.165) is 66.1 Å². The van der Waals surface area contributed by atoms with Gasteiger partial charge in [-0.15, -0.1) is 0 Å². The van der Waals surface area contributed by atoms with Crippen LogP contribution in [0.15, 0.2) is 67.0 Å². The maximum Gasteiger partial charge on any atom is 0.137 e. The Labute approximate surface area is 177 Å². The van der Waals surface area contributed by atoms with E-state index in [4.69, 9.17) is 5.73 Å². The number of likely N-dealkylation sites (N-methyl/N-ethyl adjacent to an activating group) is 1. The number of nitrogen functional groups attached to an aromatic ring is 1. The maximum atomic E-state index is 5.84. The number of H-pyrrole nitrogens is 1. The van der Waals surface area contributed by atoms with Gasteiger partial charge in [0.2, 0.25) is 0 Å². The lowest BCUT2D eigenvalue weighted by atomic mass is 10.0. The third-order valence-electron chi connectivity index (χ3n) is 6.04. The first-order valence-corrected chi connectivity index (χ1v) is 10.5. The Morgan fingerprint density at radius 1 is 0.900 bits per heavy atom. The van der Waals surface area contributed by atoms with Crippen LogP contribution in [-0.4, -0.2) is 53.0 Å². The van der Waals surface area contributed by atoms with Crippen LogP contribution in [-0.2, 0) is 6.54 Å². The molecule has 1 aliphatic heterocycles. The fraction of sp³-hybridized carbons (Fsp3) is 0.240. The van der Waals surface area contributed by atoms with E-state index in [0.29, 0.717) is 0 Å². The Morgan fingerprint density at radius 3 is 2.33 bits per heavy atom. The summed E-state index contributed by atoms with van der Waals surface area (Å²) < 4.78 is 0. The second kappa shape index (κ2) is 7.94. The average Bonchev–Trinajstić information content (AvgIpc) is 3.20. The van der Waals surface area contributed by atoms with Gasteiger partial charge in [-0.2, -0.15) is 0 Å². The molecular formula is C25H27N5. The van der Waals surface area contributed by atoms with Crippen LogP contribution in [0.4, 0.5) is 5.69 Å². The normalized spacial score (nSPS) is 15.6. The highest BCUT2D eigenvalue weighted by Crippen LogP contribution is 2.31. The summed E-state index contributed by atoms with van der Waals surface area (Å²) in [6.07, 6.45) is 3.97. The van der Waals surface area contributed by atoms with Gasteiger partial charge in [0.05, 0.1) is 0 Å². The highest BCUT2D eigenvalue weighted by Gasteiger charge is 2.14. The number of hydrogen-bond donors (Lipinski definition) is 2. The number of piperazine rings is 1. The number of nitrogens with zero attached hydrogens (tertiary/aromatic N) is 3. The third-order valence-corrected chi connectivity index (χ3v) is 6.04. The van der Waals surface area contributed by atoms with Crippen LogP contribution in [0.25, 0.3) is 33.3 Å². The molecule has 1 aliphatic rings. The van der Waals surface area contributed by atoms with E-state index in [1.165, 1.54) is 11.1 Å². The molecule has 1 saturated heterocycles. The number of rotatable bonds is 4. The zero-order valence-corrected chi connectivity index (χ0v) is 17.3. The van der Waals surface area contributed by atoms with Crippen molar-refractivity contribution in [1.82, 2.24) is 19.8 Å². The summed E-state index contributed by atoms with van der Waals surface area (Å²) >= 11 is 0. The second-order valence-corrected chi connectivity index (χ2v) is 8.22. The minimum absolute atomic E-state index is 0.772. The largest absolute Gasteiger partial charge is 0.399 e. The van der Waals surface area contributed by atoms with Crippen LogP contribution in [0.3, 0.4) is 0 Å². The molecule has 5 heteroatoms. The fourth-order valence-electron chi connectivity index (χ4n) is 4.13. The predicted molar refractivity (Wildman–Crippen MR) is 124 cm³/mol. The molecule has 0 radical (unpaired) electrons. The van der Waals surface area contributed by atoms with E-state index in [9.17, 15) is 0 Å². The first-order valence-electron chi connectivity index (χ1n) is 10.5. The summed E-state index contributed by atoms with van der Waals surface area (Å²) in [7, 11) is 2.19. The number of anilines is 1. The van der Waals surface area contributed by atoms with Crippen molar-refractivity contribution in [3.05, 3.63) is 72.6 Å². The first-order chi connectivity index (χ1) is 14.7. The van der Waals surface area contributed by atoms with Gasteiger partial charge >= 0.3 is 0 Å². The van der Waals surface area contributed by atoms with Crippen LogP contribution < -0.4 is 5.73 Å². The van der Waals surface area contributed by atoms with Crippen LogP contribution in [0.1, 0.15) is 5.56 Å². The summed E-state index contributed by atoms with van der Waals surface area (Å²) in [5.74, 6) is 0. The number of nitrogens with one attached hydrogen (secondary N) is 1. The van der Waals surface area contributed by atoms with Crippen LogP contribution in [0.5, 0.6) is 0 Å². The van der Waals surface area contributed by atoms with Crippen molar-refractivity contribution in [2.75, 3.05) is 39.0 Å². The molecule has 0 spiro atoms. The summed E-state index contributed by atoms with van der Waals surface area (Å²) in [5.41, 5.74) is 13.5. The zero-order valence-electron chi connectivity index (χ0n) is 17.3. The highest BCUT2D eigenvalue weighted by molar-refractivity contribution is 5.95. The monoisotopic (exact) mass is 397 g/mol. The number of fused-ring (bicyclic) bond motifs is 1. The SMILES string of the molecule is CN1CCN(Cc2ccc(-c3cnc4[nH]cc(-c5ccc(N)cc5)c4c3)cc2)CC1. The van der Waals surface area contributed by atoms with E-state index in [1.807, 2.05) is 24.5 Å². The molecule has 1 fully saturated rings. The Bertz CT molecular complexity index is 1140. The lowest BCUT2D eigenvalue weighted by Crippen LogP contribution is -2.43. The van der Waals surface area contributed by atoms with Gasteiger partial charge in [0.25, 0.3) is 0 Å². The summed E-state index contributed by atoms with van der Waals surface area (Å²) in [5, 5.41) is 1.12. The topological polar surface area (TPSA) is 61.2 Å². The Kier molecular flexibility index (Phi) is 4.99. The lowest BCUT2D eigenvalue weighted by Gasteiger charge is -2.32. The molecule has 5 nitrogen and oxygen atoms in total. The van der Waals surface area contributed by atoms with E-state index in [-0.39, 0.29) is 0 Å². The molecule has 2 aromatic carbocycles. The van der Waals surface area contributed by atoms with Gasteiger partial charge in [0.1, 0.15) is 5.65 Å². The molecule has 4 aromatic rings. The van der Waals surface area contributed by atoms with Crippen molar-refractivity contribution in [1.29, 1.82) is 0 Å². The molecule has 5 rings (SSSR count). The van der Waals surface area contributed by atoms with Gasteiger partial charge < -0.3 is 15.6 Å². The minimum atomic E-state index is 0.772. The third kappa shape index (κ3) is 3.82. The molecule has 0 atom stereocenters. The first kappa shape index (κ1) is 18.9. The Morgan fingerprint density at radius 2 is 1.60 bits per heavy atom. The molecule has 152 valence electrons. The number of nitrogens with two attached hydrogens (primary N) is 1. The van der Waals surface area contributed by atoms with Crippen molar-refractivity contribution in [3.8, 4) is 22.3 Å². The number of benzene rings is 2. The lowest BCUT2D eigenvalue weighted by molar-refractivity contribution is 0.148. The Balaban J connectivity index is 1.39. The summed E-state index contributed by atoms with van der Waals surface area (Å²) in [4.78, 5) is 12.9. The van der Waals surface area contributed by atoms with Gasteiger partial charge in [0.15, 0.2) is 0 Å². The number of aromatic nitrogens is 2. The molecule has 0 aliphatic carbocycles.